The highest BCUT2D eigenvalue weighted by Crippen LogP contribution is 2.37. The van der Waals surface area contributed by atoms with Crippen molar-refractivity contribution in [1.29, 1.82) is 0 Å². The molecule has 0 spiro atoms. The van der Waals surface area contributed by atoms with E-state index in [-0.39, 0.29) is 5.00 Å². The normalized spacial score (nSPS) is 10.9. The molecule has 2 heterocycles. The molecule has 0 saturated carbocycles. The Balaban J connectivity index is 2.10. The monoisotopic (exact) mass is 296 g/mol. The SMILES string of the molecule is O=[N+]([O-])c1ccc(-c2nc3cc(Cl)ccc3s2)s1. The molecule has 0 amide bonds. The van der Waals surface area contributed by atoms with Crippen LogP contribution in [0.5, 0.6) is 0 Å². The van der Waals surface area contributed by atoms with Gasteiger partial charge in [0.2, 0.25) is 0 Å². The predicted molar refractivity (Wildman–Crippen MR) is 74.6 cm³/mol. The second-order valence-electron chi connectivity index (χ2n) is 3.53. The van der Waals surface area contributed by atoms with E-state index < -0.39 is 4.92 Å². The van der Waals surface area contributed by atoms with Gasteiger partial charge in [-0.3, -0.25) is 10.1 Å². The molecule has 0 fully saturated rings. The van der Waals surface area contributed by atoms with E-state index >= 15 is 0 Å². The van der Waals surface area contributed by atoms with Crippen LogP contribution >= 0.6 is 34.3 Å². The van der Waals surface area contributed by atoms with E-state index in [9.17, 15) is 10.1 Å². The molecule has 0 aliphatic carbocycles. The van der Waals surface area contributed by atoms with Crippen LogP contribution < -0.4 is 0 Å². The fourth-order valence-electron chi connectivity index (χ4n) is 1.55. The largest absolute Gasteiger partial charge is 0.324 e. The molecule has 0 aliphatic heterocycles. The molecule has 90 valence electrons. The van der Waals surface area contributed by atoms with E-state index in [0.29, 0.717) is 5.02 Å². The molecule has 4 nitrogen and oxygen atoms in total. The molecule has 3 aromatic rings. The lowest BCUT2D eigenvalue weighted by Crippen LogP contribution is -1.80. The molecule has 0 atom stereocenters. The fourth-order valence-corrected chi connectivity index (χ4v) is 3.53. The molecule has 0 radical (unpaired) electrons. The smallest absolute Gasteiger partial charge is 0.258 e. The van der Waals surface area contributed by atoms with E-state index in [1.807, 2.05) is 12.1 Å². The molecule has 3 rings (SSSR count). The lowest BCUT2D eigenvalue weighted by atomic mass is 10.3. The number of nitro groups is 1. The molecular formula is C11H5ClN2O2S2. The first-order valence-corrected chi connectivity index (χ1v) is 6.95. The third-order valence-electron chi connectivity index (χ3n) is 2.33. The molecule has 0 aliphatic rings. The van der Waals surface area contributed by atoms with E-state index in [0.717, 1.165) is 31.4 Å². The highest BCUT2D eigenvalue weighted by molar-refractivity contribution is 7.26. The summed E-state index contributed by atoms with van der Waals surface area (Å²) < 4.78 is 1.02. The Bertz CT molecular complexity index is 750. The number of nitrogens with zero attached hydrogens (tertiary/aromatic N) is 2. The van der Waals surface area contributed by atoms with Gasteiger partial charge in [-0.1, -0.05) is 22.9 Å². The number of thiophene rings is 1. The molecule has 0 N–H and O–H groups in total. The van der Waals surface area contributed by atoms with E-state index in [2.05, 4.69) is 4.98 Å². The van der Waals surface area contributed by atoms with Gasteiger partial charge < -0.3 is 0 Å². The fraction of sp³-hybridized carbons (Fsp3) is 0. The summed E-state index contributed by atoms with van der Waals surface area (Å²) in [6.07, 6.45) is 0. The minimum atomic E-state index is -0.391. The average molecular weight is 297 g/mol. The summed E-state index contributed by atoms with van der Waals surface area (Å²) in [6.45, 7) is 0. The predicted octanol–water partition coefficient (Wildman–Crippen LogP) is 4.59. The molecule has 18 heavy (non-hydrogen) atoms. The second-order valence-corrected chi connectivity index (χ2v) is 6.06. The first kappa shape index (κ1) is 11.6. The van der Waals surface area contributed by atoms with Gasteiger partial charge in [0.05, 0.1) is 20.0 Å². The summed E-state index contributed by atoms with van der Waals surface area (Å²) in [6, 6.07) is 8.73. The summed E-state index contributed by atoms with van der Waals surface area (Å²) in [5.41, 5.74) is 0.818. The standard InChI is InChI=1S/C11H5ClN2O2S2/c12-6-1-2-8-7(5-6)13-11(18-8)9-3-4-10(17-9)14(15)16/h1-5H. The first-order chi connectivity index (χ1) is 8.63. The Kier molecular flexibility index (Phi) is 2.77. The number of thiazole rings is 1. The van der Waals surface area contributed by atoms with Gasteiger partial charge in [-0.25, -0.2) is 4.98 Å². The number of rotatable bonds is 2. The van der Waals surface area contributed by atoms with Crippen LogP contribution in [0.25, 0.3) is 20.1 Å². The van der Waals surface area contributed by atoms with Gasteiger partial charge in [-0.05, 0) is 24.3 Å². The van der Waals surface area contributed by atoms with Crippen molar-refractivity contribution in [2.24, 2.45) is 0 Å². The number of benzene rings is 1. The van der Waals surface area contributed by atoms with Crippen molar-refractivity contribution in [3.63, 3.8) is 0 Å². The molecule has 0 bridgehead atoms. The third kappa shape index (κ3) is 1.98. The van der Waals surface area contributed by atoms with Crippen molar-refractivity contribution in [3.8, 4) is 9.88 Å². The van der Waals surface area contributed by atoms with Crippen molar-refractivity contribution in [1.82, 2.24) is 4.98 Å². The molecule has 0 saturated heterocycles. The Morgan fingerprint density at radius 3 is 2.78 bits per heavy atom. The zero-order chi connectivity index (χ0) is 12.7. The summed E-state index contributed by atoms with van der Waals surface area (Å²) in [4.78, 5) is 15.5. The van der Waals surface area contributed by atoms with Crippen LogP contribution in [-0.4, -0.2) is 9.91 Å². The summed E-state index contributed by atoms with van der Waals surface area (Å²) in [5.74, 6) is 0. The Hall–Kier alpha value is -1.50. The highest BCUT2D eigenvalue weighted by atomic mass is 35.5. The maximum atomic E-state index is 10.6. The number of halogens is 1. The van der Waals surface area contributed by atoms with E-state index in [1.165, 1.54) is 17.4 Å². The quantitative estimate of drug-likeness (QED) is 0.513. The van der Waals surface area contributed by atoms with Crippen molar-refractivity contribution in [2.75, 3.05) is 0 Å². The van der Waals surface area contributed by atoms with Crippen LogP contribution in [0.1, 0.15) is 0 Å². The van der Waals surface area contributed by atoms with Crippen molar-refractivity contribution < 1.29 is 4.92 Å². The molecule has 0 unspecified atom stereocenters. The van der Waals surface area contributed by atoms with Gasteiger partial charge in [-0.15, -0.1) is 11.3 Å². The van der Waals surface area contributed by atoms with Crippen LogP contribution in [0.2, 0.25) is 5.02 Å². The van der Waals surface area contributed by atoms with Crippen LogP contribution in [-0.2, 0) is 0 Å². The van der Waals surface area contributed by atoms with Crippen LogP contribution in [0, 0.1) is 10.1 Å². The van der Waals surface area contributed by atoms with Gasteiger partial charge >= 0.3 is 5.00 Å². The summed E-state index contributed by atoms with van der Waals surface area (Å²) >= 11 is 8.53. The maximum absolute atomic E-state index is 10.6. The first-order valence-electron chi connectivity index (χ1n) is 4.94. The average Bonchev–Trinajstić information content (AvgIpc) is 2.93. The number of hydrogen-bond acceptors (Lipinski definition) is 5. The zero-order valence-electron chi connectivity index (χ0n) is 8.79. The molecular weight excluding hydrogens is 292 g/mol. The minimum Gasteiger partial charge on any atom is -0.258 e. The Morgan fingerprint density at radius 2 is 2.06 bits per heavy atom. The lowest BCUT2D eigenvalue weighted by molar-refractivity contribution is -0.380. The van der Waals surface area contributed by atoms with Gasteiger partial charge in [0.15, 0.2) is 0 Å². The van der Waals surface area contributed by atoms with E-state index in [4.69, 9.17) is 11.6 Å². The zero-order valence-corrected chi connectivity index (χ0v) is 11.2. The van der Waals surface area contributed by atoms with Crippen molar-refractivity contribution in [3.05, 3.63) is 45.5 Å². The Labute approximate surface area is 115 Å². The lowest BCUT2D eigenvalue weighted by Gasteiger charge is -1.86. The van der Waals surface area contributed by atoms with Gasteiger partial charge in [-0.2, -0.15) is 0 Å². The Morgan fingerprint density at radius 1 is 1.22 bits per heavy atom. The number of fused-ring (bicyclic) bond motifs is 1. The van der Waals surface area contributed by atoms with Crippen LogP contribution in [0.15, 0.2) is 30.3 Å². The van der Waals surface area contributed by atoms with Gasteiger partial charge in [0.25, 0.3) is 0 Å². The summed E-state index contributed by atoms with van der Waals surface area (Å²) in [5, 5.41) is 12.2. The number of aromatic nitrogens is 1. The highest BCUT2D eigenvalue weighted by Gasteiger charge is 2.14. The number of hydrogen-bond donors (Lipinski definition) is 0. The van der Waals surface area contributed by atoms with Crippen molar-refractivity contribution >= 4 is 49.5 Å². The second kappa shape index (κ2) is 4.31. The van der Waals surface area contributed by atoms with Crippen LogP contribution in [0.3, 0.4) is 0 Å². The topological polar surface area (TPSA) is 56.0 Å². The van der Waals surface area contributed by atoms with E-state index in [1.54, 1.807) is 12.1 Å². The third-order valence-corrected chi connectivity index (χ3v) is 4.81. The summed E-state index contributed by atoms with van der Waals surface area (Å²) in [7, 11) is 0. The molecule has 7 heteroatoms. The van der Waals surface area contributed by atoms with Gasteiger partial charge in [0.1, 0.15) is 5.01 Å². The molecule has 2 aromatic heterocycles. The maximum Gasteiger partial charge on any atom is 0.324 e. The van der Waals surface area contributed by atoms with Crippen molar-refractivity contribution in [2.45, 2.75) is 0 Å². The van der Waals surface area contributed by atoms with Gasteiger partial charge in [0, 0.05) is 11.1 Å². The minimum absolute atomic E-state index is 0.127. The molecule has 1 aromatic carbocycles. The van der Waals surface area contributed by atoms with Crippen LogP contribution in [0.4, 0.5) is 5.00 Å².